The first-order valence-electron chi connectivity index (χ1n) is 4.01. The zero-order valence-corrected chi connectivity index (χ0v) is 7.38. The van der Waals surface area contributed by atoms with Crippen molar-refractivity contribution in [1.29, 1.82) is 0 Å². The first-order valence-corrected chi connectivity index (χ1v) is 4.01. The van der Waals surface area contributed by atoms with Crippen molar-refractivity contribution in [3.8, 4) is 0 Å². The van der Waals surface area contributed by atoms with E-state index in [0.29, 0.717) is 0 Å². The summed E-state index contributed by atoms with van der Waals surface area (Å²) >= 11 is 0. The molecule has 0 aromatic rings. The molecule has 4 unspecified atom stereocenters. The lowest BCUT2D eigenvalue weighted by molar-refractivity contribution is -0.260. The Kier molecular flexibility index (Phi) is 3.23. The van der Waals surface area contributed by atoms with E-state index in [2.05, 4.69) is 0 Å². The number of methoxy groups -OCH3 is 1. The molecule has 1 aliphatic rings. The van der Waals surface area contributed by atoms with Crippen molar-refractivity contribution >= 4 is 0 Å². The van der Waals surface area contributed by atoms with E-state index in [-0.39, 0.29) is 6.54 Å². The van der Waals surface area contributed by atoms with Gasteiger partial charge >= 0.3 is 0 Å². The number of aliphatic hydroxyl groups excluding tert-OH is 3. The van der Waals surface area contributed by atoms with E-state index in [0.717, 1.165) is 0 Å². The van der Waals surface area contributed by atoms with Gasteiger partial charge in [-0.1, -0.05) is 0 Å². The summed E-state index contributed by atoms with van der Waals surface area (Å²) < 4.78 is 9.95. The Labute approximate surface area is 75.9 Å². The molecule has 4 atom stereocenters. The highest BCUT2D eigenvalue weighted by molar-refractivity contribution is 4.96. The van der Waals surface area contributed by atoms with E-state index in [1.807, 2.05) is 0 Å². The fourth-order valence-electron chi connectivity index (χ4n) is 1.41. The minimum absolute atomic E-state index is 0.0589. The molecule has 1 fully saturated rings. The summed E-state index contributed by atoms with van der Waals surface area (Å²) in [6, 6.07) is 0. The van der Waals surface area contributed by atoms with Crippen LogP contribution in [-0.4, -0.2) is 59.7 Å². The highest BCUT2D eigenvalue weighted by Gasteiger charge is 2.54. The molecule has 0 aromatic carbocycles. The molecular formula is C7H15NO5. The summed E-state index contributed by atoms with van der Waals surface area (Å²) in [5, 5.41) is 27.9. The van der Waals surface area contributed by atoms with Crippen molar-refractivity contribution in [3.05, 3.63) is 0 Å². The van der Waals surface area contributed by atoms with Crippen molar-refractivity contribution in [3.63, 3.8) is 0 Å². The molecule has 0 spiro atoms. The van der Waals surface area contributed by atoms with Crippen LogP contribution in [0.4, 0.5) is 0 Å². The van der Waals surface area contributed by atoms with Crippen molar-refractivity contribution in [1.82, 2.24) is 0 Å². The molecule has 0 saturated carbocycles. The summed E-state index contributed by atoms with van der Waals surface area (Å²) in [4.78, 5) is 0. The highest BCUT2D eigenvalue weighted by Crippen LogP contribution is 2.31. The average molecular weight is 193 g/mol. The molecule has 78 valence electrons. The normalized spacial score (nSPS) is 45.5. The molecule has 1 saturated heterocycles. The predicted octanol–water partition coefficient (Wildman–Crippen LogP) is -2.60. The van der Waals surface area contributed by atoms with E-state index in [4.69, 9.17) is 20.3 Å². The van der Waals surface area contributed by atoms with Crippen LogP contribution in [0.25, 0.3) is 0 Å². The summed E-state index contributed by atoms with van der Waals surface area (Å²) in [5.41, 5.74) is 5.28. The number of rotatable bonds is 3. The van der Waals surface area contributed by atoms with Gasteiger partial charge < -0.3 is 30.5 Å². The second kappa shape index (κ2) is 3.87. The van der Waals surface area contributed by atoms with Gasteiger partial charge in [-0.15, -0.1) is 0 Å². The molecule has 0 bridgehead atoms. The van der Waals surface area contributed by atoms with Gasteiger partial charge in [0.2, 0.25) is 5.79 Å². The van der Waals surface area contributed by atoms with Crippen LogP contribution in [0.2, 0.25) is 0 Å². The SMILES string of the molecule is COC1(CO)OC(CN)C(O)C1O. The smallest absolute Gasteiger partial charge is 0.221 e. The van der Waals surface area contributed by atoms with E-state index in [9.17, 15) is 10.2 Å². The van der Waals surface area contributed by atoms with Crippen LogP contribution in [-0.2, 0) is 9.47 Å². The van der Waals surface area contributed by atoms with Crippen LogP contribution in [0.1, 0.15) is 0 Å². The Morgan fingerprint density at radius 2 is 2.15 bits per heavy atom. The fraction of sp³-hybridized carbons (Fsp3) is 1.00. The van der Waals surface area contributed by atoms with Crippen LogP contribution in [0, 0.1) is 0 Å². The van der Waals surface area contributed by atoms with Gasteiger partial charge in [0.05, 0.1) is 0 Å². The van der Waals surface area contributed by atoms with Gasteiger partial charge in [-0.25, -0.2) is 0 Å². The van der Waals surface area contributed by atoms with Gasteiger partial charge in [0.1, 0.15) is 24.9 Å². The van der Waals surface area contributed by atoms with Gasteiger partial charge in [-0.3, -0.25) is 0 Å². The summed E-state index contributed by atoms with van der Waals surface area (Å²) in [6.07, 6.45) is -3.12. The molecule has 0 radical (unpaired) electrons. The van der Waals surface area contributed by atoms with Gasteiger partial charge in [-0.05, 0) is 0 Å². The monoisotopic (exact) mass is 193 g/mol. The molecule has 1 aliphatic heterocycles. The second-order valence-electron chi connectivity index (χ2n) is 3.00. The lowest BCUT2D eigenvalue weighted by Gasteiger charge is -2.27. The predicted molar refractivity (Wildman–Crippen MR) is 42.8 cm³/mol. The van der Waals surface area contributed by atoms with E-state index < -0.39 is 30.7 Å². The molecule has 6 nitrogen and oxygen atoms in total. The van der Waals surface area contributed by atoms with Crippen molar-refractivity contribution < 1.29 is 24.8 Å². The van der Waals surface area contributed by atoms with E-state index in [1.165, 1.54) is 7.11 Å². The third-order valence-electron chi connectivity index (χ3n) is 2.30. The Balaban J connectivity index is 2.79. The van der Waals surface area contributed by atoms with Crippen LogP contribution >= 0.6 is 0 Å². The molecule has 1 heterocycles. The van der Waals surface area contributed by atoms with Crippen LogP contribution in [0.3, 0.4) is 0 Å². The van der Waals surface area contributed by atoms with Crippen LogP contribution in [0.5, 0.6) is 0 Å². The molecule has 0 aromatic heterocycles. The lowest BCUT2D eigenvalue weighted by Crippen LogP contribution is -2.47. The molecular weight excluding hydrogens is 178 g/mol. The average Bonchev–Trinajstić information content (AvgIpc) is 2.42. The third-order valence-corrected chi connectivity index (χ3v) is 2.30. The zero-order valence-electron chi connectivity index (χ0n) is 7.38. The zero-order chi connectivity index (χ0) is 10.1. The maximum absolute atomic E-state index is 9.49. The molecule has 6 heteroatoms. The number of aliphatic hydroxyl groups is 3. The molecule has 1 rings (SSSR count). The first kappa shape index (κ1) is 10.8. The number of hydrogen-bond acceptors (Lipinski definition) is 6. The maximum Gasteiger partial charge on any atom is 0.221 e. The van der Waals surface area contributed by atoms with Crippen molar-refractivity contribution in [2.24, 2.45) is 5.73 Å². The number of ether oxygens (including phenoxy) is 2. The Hall–Kier alpha value is -0.240. The topological polar surface area (TPSA) is 105 Å². The summed E-state index contributed by atoms with van der Waals surface area (Å²) in [6.45, 7) is -0.471. The Morgan fingerprint density at radius 1 is 1.54 bits per heavy atom. The van der Waals surface area contributed by atoms with Crippen molar-refractivity contribution in [2.45, 2.75) is 24.1 Å². The fourth-order valence-corrected chi connectivity index (χ4v) is 1.41. The van der Waals surface area contributed by atoms with Gasteiger partial charge in [0.15, 0.2) is 0 Å². The molecule has 13 heavy (non-hydrogen) atoms. The van der Waals surface area contributed by atoms with Gasteiger partial charge in [0, 0.05) is 13.7 Å². The first-order chi connectivity index (χ1) is 6.11. The molecule has 0 aliphatic carbocycles. The van der Waals surface area contributed by atoms with E-state index in [1.54, 1.807) is 0 Å². The quantitative estimate of drug-likeness (QED) is 0.392. The Morgan fingerprint density at radius 3 is 2.38 bits per heavy atom. The lowest BCUT2D eigenvalue weighted by atomic mass is 10.1. The number of hydrogen-bond donors (Lipinski definition) is 4. The maximum atomic E-state index is 9.49. The minimum atomic E-state index is -1.54. The Bertz CT molecular complexity index is 172. The largest absolute Gasteiger partial charge is 0.391 e. The summed E-state index contributed by atoms with van der Waals surface area (Å²) in [7, 11) is 1.28. The van der Waals surface area contributed by atoms with Crippen LogP contribution < -0.4 is 5.73 Å². The second-order valence-corrected chi connectivity index (χ2v) is 3.00. The van der Waals surface area contributed by atoms with Crippen molar-refractivity contribution in [2.75, 3.05) is 20.3 Å². The number of nitrogens with two attached hydrogens (primary N) is 1. The molecule has 0 amide bonds. The summed E-state index contributed by atoms with van der Waals surface area (Å²) in [5.74, 6) is -1.54. The van der Waals surface area contributed by atoms with Gasteiger partial charge in [0.25, 0.3) is 0 Å². The van der Waals surface area contributed by atoms with E-state index >= 15 is 0 Å². The van der Waals surface area contributed by atoms with Gasteiger partial charge in [-0.2, -0.15) is 0 Å². The third kappa shape index (κ3) is 1.56. The van der Waals surface area contributed by atoms with Crippen LogP contribution in [0.15, 0.2) is 0 Å². The highest BCUT2D eigenvalue weighted by atomic mass is 16.7. The minimum Gasteiger partial charge on any atom is -0.391 e. The standard InChI is InChI=1S/C7H15NO5/c1-12-7(3-9)6(11)5(10)4(2-8)13-7/h4-6,9-11H,2-3,8H2,1H3. The molecule has 5 N–H and O–H groups in total.